The second-order valence-corrected chi connectivity index (χ2v) is 6.74. The molecule has 26 heavy (non-hydrogen) atoms. The molecule has 1 aromatic carbocycles. The lowest BCUT2D eigenvalue weighted by atomic mass is 9.96. The fourth-order valence-corrected chi connectivity index (χ4v) is 3.34. The number of amides is 3. The van der Waals surface area contributed by atoms with Gasteiger partial charge in [-0.25, -0.2) is 4.79 Å². The first-order valence-electron chi connectivity index (χ1n) is 9.67. The summed E-state index contributed by atoms with van der Waals surface area (Å²) in [6.07, 6.45) is 5.72. The van der Waals surface area contributed by atoms with Gasteiger partial charge in [-0.2, -0.15) is 0 Å². The summed E-state index contributed by atoms with van der Waals surface area (Å²) in [4.78, 5) is 26.2. The maximum atomic E-state index is 12.3. The standard InChI is InChI=1S/C20H31N3O3/c1-3-6-16-7-5-13-23(14-12-16)20(25)21-15-19(24)22-17-8-10-18(11-9-17)26-4-2/h8-11,16H,3-7,12-15H2,1-2H3,(H,21,25)(H,22,24). The molecule has 0 bridgehead atoms. The Kier molecular flexibility index (Phi) is 8.25. The van der Waals surface area contributed by atoms with E-state index in [4.69, 9.17) is 4.74 Å². The Balaban J connectivity index is 1.73. The van der Waals surface area contributed by atoms with E-state index in [1.165, 1.54) is 19.3 Å². The van der Waals surface area contributed by atoms with Crippen molar-refractivity contribution >= 4 is 17.6 Å². The molecule has 1 aromatic rings. The molecule has 1 atom stereocenters. The van der Waals surface area contributed by atoms with E-state index in [1.54, 1.807) is 12.1 Å². The Morgan fingerprint density at radius 1 is 1.15 bits per heavy atom. The van der Waals surface area contributed by atoms with E-state index < -0.39 is 0 Å². The number of hydrogen-bond acceptors (Lipinski definition) is 3. The zero-order valence-electron chi connectivity index (χ0n) is 15.9. The van der Waals surface area contributed by atoms with Crippen molar-refractivity contribution in [2.45, 2.75) is 46.0 Å². The van der Waals surface area contributed by atoms with Crippen LogP contribution < -0.4 is 15.4 Å². The number of carbonyl (C=O) groups is 2. The maximum Gasteiger partial charge on any atom is 0.317 e. The van der Waals surface area contributed by atoms with Gasteiger partial charge in [-0.15, -0.1) is 0 Å². The van der Waals surface area contributed by atoms with Crippen LogP contribution in [0.5, 0.6) is 5.75 Å². The van der Waals surface area contributed by atoms with Crippen LogP contribution in [0.25, 0.3) is 0 Å². The first kappa shape index (κ1) is 20.1. The van der Waals surface area contributed by atoms with Gasteiger partial charge >= 0.3 is 6.03 Å². The van der Waals surface area contributed by atoms with Gasteiger partial charge in [0.2, 0.25) is 5.91 Å². The third-order valence-electron chi connectivity index (χ3n) is 4.68. The number of nitrogens with one attached hydrogen (secondary N) is 2. The molecule has 1 aliphatic heterocycles. The zero-order valence-corrected chi connectivity index (χ0v) is 15.9. The molecule has 0 radical (unpaired) electrons. The van der Waals surface area contributed by atoms with Crippen LogP contribution in [0.1, 0.15) is 46.0 Å². The van der Waals surface area contributed by atoms with Gasteiger partial charge in [-0.05, 0) is 56.4 Å². The van der Waals surface area contributed by atoms with Gasteiger partial charge < -0.3 is 20.3 Å². The first-order chi connectivity index (χ1) is 12.6. The molecular formula is C20H31N3O3. The Labute approximate surface area is 156 Å². The van der Waals surface area contributed by atoms with Crippen molar-refractivity contribution in [2.24, 2.45) is 5.92 Å². The summed E-state index contributed by atoms with van der Waals surface area (Å²) >= 11 is 0. The highest BCUT2D eigenvalue weighted by molar-refractivity contribution is 5.94. The monoisotopic (exact) mass is 361 g/mol. The normalized spacial score (nSPS) is 17.3. The van der Waals surface area contributed by atoms with Gasteiger partial charge in [0.1, 0.15) is 5.75 Å². The third kappa shape index (κ3) is 6.58. The highest BCUT2D eigenvalue weighted by atomic mass is 16.5. The quantitative estimate of drug-likeness (QED) is 0.779. The van der Waals surface area contributed by atoms with Crippen LogP contribution in [0.15, 0.2) is 24.3 Å². The minimum Gasteiger partial charge on any atom is -0.494 e. The molecule has 1 fully saturated rings. The largest absolute Gasteiger partial charge is 0.494 e. The number of likely N-dealkylation sites (tertiary alicyclic amines) is 1. The van der Waals surface area contributed by atoms with E-state index in [0.29, 0.717) is 12.3 Å². The summed E-state index contributed by atoms with van der Waals surface area (Å²) in [6.45, 7) is 6.25. The predicted molar refractivity (Wildman–Crippen MR) is 103 cm³/mol. The lowest BCUT2D eigenvalue weighted by Crippen LogP contribution is -2.43. The van der Waals surface area contributed by atoms with Crippen LogP contribution in [0, 0.1) is 5.92 Å². The van der Waals surface area contributed by atoms with E-state index in [1.807, 2.05) is 24.0 Å². The van der Waals surface area contributed by atoms with Crippen molar-refractivity contribution in [3.63, 3.8) is 0 Å². The van der Waals surface area contributed by atoms with E-state index in [-0.39, 0.29) is 18.5 Å². The second kappa shape index (κ2) is 10.7. The van der Waals surface area contributed by atoms with E-state index in [9.17, 15) is 9.59 Å². The number of hydrogen-bond donors (Lipinski definition) is 2. The third-order valence-corrected chi connectivity index (χ3v) is 4.68. The number of rotatable bonds is 7. The molecule has 2 rings (SSSR count). The summed E-state index contributed by atoms with van der Waals surface area (Å²) in [5.41, 5.74) is 0.685. The Morgan fingerprint density at radius 3 is 2.62 bits per heavy atom. The fourth-order valence-electron chi connectivity index (χ4n) is 3.34. The molecule has 0 spiro atoms. The number of nitrogens with zero attached hydrogens (tertiary/aromatic N) is 1. The number of ether oxygens (including phenoxy) is 1. The van der Waals surface area contributed by atoms with Gasteiger partial charge in [0, 0.05) is 18.8 Å². The van der Waals surface area contributed by atoms with Crippen molar-refractivity contribution < 1.29 is 14.3 Å². The molecule has 1 heterocycles. The van der Waals surface area contributed by atoms with E-state index in [0.717, 1.165) is 37.6 Å². The SMILES string of the molecule is CCCC1CCCN(C(=O)NCC(=O)Nc2ccc(OCC)cc2)CC1. The zero-order chi connectivity index (χ0) is 18.8. The first-order valence-corrected chi connectivity index (χ1v) is 9.67. The van der Waals surface area contributed by atoms with Crippen LogP contribution in [0.4, 0.5) is 10.5 Å². The van der Waals surface area contributed by atoms with E-state index in [2.05, 4.69) is 17.6 Å². The molecule has 1 aliphatic rings. The van der Waals surface area contributed by atoms with Crippen molar-refractivity contribution in [3.8, 4) is 5.75 Å². The van der Waals surface area contributed by atoms with Crippen LogP contribution in [-0.4, -0.2) is 43.1 Å². The van der Waals surface area contributed by atoms with Gasteiger partial charge in [0.15, 0.2) is 0 Å². The minimum absolute atomic E-state index is 0.0269. The molecule has 144 valence electrons. The van der Waals surface area contributed by atoms with Gasteiger partial charge in [-0.3, -0.25) is 4.79 Å². The van der Waals surface area contributed by atoms with Crippen LogP contribution >= 0.6 is 0 Å². The summed E-state index contributed by atoms with van der Waals surface area (Å²) in [7, 11) is 0. The molecule has 6 heteroatoms. The van der Waals surface area contributed by atoms with Crippen molar-refractivity contribution in [1.29, 1.82) is 0 Å². The molecule has 6 nitrogen and oxygen atoms in total. The topological polar surface area (TPSA) is 70.7 Å². The predicted octanol–water partition coefficient (Wildman–Crippen LogP) is 3.64. The summed E-state index contributed by atoms with van der Waals surface area (Å²) in [5.74, 6) is 1.25. The average Bonchev–Trinajstić information content (AvgIpc) is 2.88. The smallest absolute Gasteiger partial charge is 0.317 e. The average molecular weight is 361 g/mol. The number of urea groups is 1. The second-order valence-electron chi connectivity index (χ2n) is 6.74. The molecule has 3 amide bonds. The molecule has 0 aromatic heterocycles. The Hall–Kier alpha value is -2.24. The molecule has 1 saturated heterocycles. The highest BCUT2D eigenvalue weighted by Gasteiger charge is 2.20. The summed E-state index contributed by atoms with van der Waals surface area (Å²) < 4.78 is 5.37. The maximum absolute atomic E-state index is 12.3. The van der Waals surface area contributed by atoms with Gasteiger partial charge in [-0.1, -0.05) is 19.8 Å². The van der Waals surface area contributed by atoms with Crippen molar-refractivity contribution in [2.75, 3.05) is 31.6 Å². The van der Waals surface area contributed by atoms with Crippen molar-refractivity contribution in [1.82, 2.24) is 10.2 Å². The minimum atomic E-state index is -0.235. The number of anilines is 1. The Morgan fingerprint density at radius 2 is 1.92 bits per heavy atom. The molecular weight excluding hydrogens is 330 g/mol. The molecule has 0 aliphatic carbocycles. The van der Waals surface area contributed by atoms with Crippen LogP contribution in [0.3, 0.4) is 0 Å². The lowest BCUT2D eigenvalue weighted by Gasteiger charge is -2.21. The lowest BCUT2D eigenvalue weighted by molar-refractivity contribution is -0.115. The fraction of sp³-hybridized carbons (Fsp3) is 0.600. The molecule has 1 unspecified atom stereocenters. The number of benzene rings is 1. The van der Waals surface area contributed by atoms with Gasteiger partial charge in [0.05, 0.1) is 13.2 Å². The summed E-state index contributed by atoms with van der Waals surface area (Å²) in [5, 5.41) is 5.51. The van der Waals surface area contributed by atoms with Crippen LogP contribution in [-0.2, 0) is 4.79 Å². The molecule has 2 N–H and O–H groups in total. The van der Waals surface area contributed by atoms with Crippen LogP contribution in [0.2, 0.25) is 0 Å². The van der Waals surface area contributed by atoms with Crippen molar-refractivity contribution in [3.05, 3.63) is 24.3 Å². The Bertz CT molecular complexity index is 574. The highest BCUT2D eigenvalue weighted by Crippen LogP contribution is 2.21. The van der Waals surface area contributed by atoms with E-state index >= 15 is 0 Å². The molecule has 0 saturated carbocycles. The van der Waals surface area contributed by atoms with Gasteiger partial charge in [0.25, 0.3) is 0 Å². The summed E-state index contributed by atoms with van der Waals surface area (Å²) in [6, 6.07) is 7.04. The number of carbonyl (C=O) groups excluding carboxylic acids is 2.